The van der Waals surface area contributed by atoms with Crippen molar-refractivity contribution in [1.29, 1.82) is 0 Å². The summed E-state index contributed by atoms with van der Waals surface area (Å²) in [5.41, 5.74) is 4.19. The number of carbonyl (C=O) groups excluding carboxylic acids is 2. The van der Waals surface area contributed by atoms with Crippen LogP contribution < -0.4 is 10.7 Å². The minimum absolute atomic E-state index is 0.0963. The lowest BCUT2D eigenvalue weighted by atomic mass is 10.0. The fourth-order valence-electron chi connectivity index (χ4n) is 2.68. The number of anilines is 1. The average Bonchev–Trinajstić information content (AvgIpc) is 3.00. The van der Waals surface area contributed by atoms with E-state index in [1.807, 2.05) is 0 Å². The fraction of sp³-hybridized carbons (Fsp3) is 0.471. The molecule has 1 aliphatic rings. The van der Waals surface area contributed by atoms with Gasteiger partial charge in [0.2, 0.25) is 11.8 Å². The van der Waals surface area contributed by atoms with Gasteiger partial charge in [0.15, 0.2) is 0 Å². The molecule has 0 bridgehead atoms. The highest BCUT2D eigenvalue weighted by Crippen LogP contribution is 2.25. The van der Waals surface area contributed by atoms with Crippen LogP contribution in [0.5, 0.6) is 0 Å². The molecule has 6 heteroatoms. The van der Waals surface area contributed by atoms with E-state index in [0.717, 1.165) is 31.4 Å². The van der Waals surface area contributed by atoms with E-state index in [9.17, 15) is 9.59 Å². The highest BCUT2D eigenvalue weighted by molar-refractivity contribution is 6.33. The largest absolute Gasteiger partial charge is 0.325 e. The van der Waals surface area contributed by atoms with Crippen LogP contribution in [0.4, 0.5) is 5.69 Å². The second-order valence-corrected chi connectivity index (χ2v) is 6.07. The maximum Gasteiger partial charge on any atom is 0.240 e. The lowest BCUT2D eigenvalue weighted by Gasteiger charge is -2.08. The predicted molar refractivity (Wildman–Crippen MR) is 92.5 cm³/mol. The van der Waals surface area contributed by atoms with Crippen LogP contribution in [0.2, 0.25) is 5.02 Å². The number of rotatable bonds is 6. The fourth-order valence-corrected chi connectivity index (χ4v) is 2.86. The quantitative estimate of drug-likeness (QED) is 0.777. The Hall–Kier alpha value is -1.88. The van der Waals surface area contributed by atoms with Crippen molar-refractivity contribution in [3.05, 3.63) is 29.3 Å². The van der Waals surface area contributed by atoms with Crippen LogP contribution in [0, 0.1) is 5.92 Å². The number of para-hydroxylation sites is 1. The van der Waals surface area contributed by atoms with E-state index in [4.69, 9.17) is 11.6 Å². The molecule has 1 aromatic carbocycles. The standard InChI is InChI=1S/C17H22ClN3O2/c1-2-12-6-5-9-14(12)20-21-17(23)11-10-16(22)19-15-8-4-3-7-13(15)18/h3-4,7-8,12H,2,5-6,9-11H2,1H3,(H,19,22)(H,21,23)/t12-/m1/s1. The predicted octanol–water partition coefficient (Wildman–Crippen LogP) is 3.74. The molecule has 0 saturated heterocycles. The first-order chi connectivity index (χ1) is 11.1. The Morgan fingerprint density at radius 2 is 2.00 bits per heavy atom. The van der Waals surface area contributed by atoms with Gasteiger partial charge in [0, 0.05) is 18.6 Å². The third-order valence-corrected chi connectivity index (χ3v) is 4.33. The second-order valence-electron chi connectivity index (χ2n) is 5.66. The van der Waals surface area contributed by atoms with Gasteiger partial charge in [-0.1, -0.05) is 30.7 Å². The van der Waals surface area contributed by atoms with Crippen LogP contribution in [0.25, 0.3) is 0 Å². The highest BCUT2D eigenvalue weighted by atomic mass is 35.5. The Bertz CT molecular complexity index is 601. The minimum atomic E-state index is -0.242. The molecule has 1 aromatic rings. The molecule has 2 amide bonds. The van der Waals surface area contributed by atoms with E-state index in [-0.39, 0.29) is 24.7 Å². The molecule has 1 atom stereocenters. The van der Waals surface area contributed by atoms with Gasteiger partial charge >= 0.3 is 0 Å². The van der Waals surface area contributed by atoms with Crippen LogP contribution in [-0.4, -0.2) is 17.5 Å². The molecule has 1 aliphatic carbocycles. The Kier molecular flexibility index (Phi) is 6.59. The number of nitrogens with zero attached hydrogens (tertiary/aromatic N) is 1. The topological polar surface area (TPSA) is 70.6 Å². The van der Waals surface area contributed by atoms with E-state index in [1.165, 1.54) is 0 Å². The number of amides is 2. The molecule has 0 unspecified atom stereocenters. The molecule has 1 fully saturated rings. The van der Waals surface area contributed by atoms with Crippen LogP contribution >= 0.6 is 11.6 Å². The average molecular weight is 336 g/mol. The molecule has 2 rings (SSSR count). The van der Waals surface area contributed by atoms with Crippen molar-refractivity contribution in [3.8, 4) is 0 Å². The van der Waals surface area contributed by atoms with Crippen LogP contribution in [-0.2, 0) is 9.59 Å². The van der Waals surface area contributed by atoms with Crippen molar-refractivity contribution in [2.45, 2.75) is 45.4 Å². The van der Waals surface area contributed by atoms with Gasteiger partial charge in [-0.2, -0.15) is 5.10 Å². The monoisotopic (exact) mass is 335 g/mol. The van der Waals surface area contributed by atoms with Crippen LogP contribution in [0.1, 0.15) is 45.4 Å². The summed E-state index contributed by atoms with van der Waals surface area (Å²) in [6.07, 6.45) is 4.47. The Morgan fingerprint density at radius 3 is 2.74 bits per heavy atom. The molecule has 0 aromatic heterocycles. The SMILES string of the molecule is CC[C@@H]1CCCC1=NNC(=O)CCC(=O)Nc1ccccc1Cl. The summed E-state index contributed by atoms with van der Waals surface area (Å²) in [5, 5.41) is 7.38. The van der Waals surface area contributed by atoms with Gasteiger partial charge in [-0.25, -0.2) is 5.43 Å². The van der Waals surface area contributed by atoms with Crippen molar-refractivity contribution in [2.75, 3.05) is 5.32 Å². The maximum absolute atomic E-state index is 11.8. The zero-order chi connectivity index (χ0) is 16.7. The summed E-state index contributed by atoms with van der Waals surface area (Å²) < 4.78 is 0. The molecular formula is C17H22ClN3O2. The molecule has 0 aliphatic heterocycles. The first kappa shape index (κ1) is 17.5. The number of hydrazone groups is 1. The Balaban J connectivity index is 1.75. The molecule has 124 valence electrons. The van der Waals surface area contributed by atoms with Crippen molar-refractivity contribution < 1.29 is 9.59 Å². The summed E-state index contributed by atoms with van der Waals surface area (Å²) in [5.74, 6) is 0.000543. The third-order valence-electron chi connectivity index (χ3n) is 4.00. The summed E-state index contributed by atoms with van der Waals surface area (Å²) in [7, 11) is 0. The van der Waals surface area contributed by atoms with Gasteiger partial charge in [0.25, 0.3) is 0 Å². The smallest absolute Gasteiger partial charge is 0.240 e. The minimum Gasteiger partial charge on any atom is -0.325 e. The Morgan fingerprint density at radius 1 is 1.26 bits per heavy atom. The van der Waals surface area contributed by atoms with Crippen molar-refractivity contribution in [2.24, 2.45) is 11.0 Å². The number of carbonyl (C=O) groups is 2. The molecule has 23 heavy (non-hydrogen) atoms. The van der Waals surface area contributed by atoms with Gasteiger partial charge in [-0.05, 0) is 43.7 Å². The number of halogens is 1. The lowest BCUT2D eigenvalue weighted by Crippen LogP contribution is -2.22. The van der Waals surface area contributed by atoms with E-state index in [0.29, 0.717) is 16.6 Å². The number of hydrogen-bond acceptors (Lipinski definition) is 3. The molecule has 5 nitrogen and oxygen atoms in total. The van der Waals surface area contributed by atoms with Crippen molar-refractivity contribution in [1.82, 2.24) is 5.43 Å². The zero-order valence-electron chi connectivity index (χ0n) is 13.3. The first-order valence-electron chi connectivity index (χ1n) is 7.99. The van der Waals surface area contributed by atoms with Gasteiger partial charge in [-0.3, -0.25) is 9.59 Å². The van der Waals surface area contributed by atoms with Crippen LogP contribution in [0.3, 0.4) is 0 Å². The van der Waals surface area contributed by atoms with E-state index in [1.54, 1.807) is 24.3 Å². The van der Waals surface area contributed by atoms with E-state index < -0.39 is 0 Å². The molecule has 0 spiro atoms. The highest BCUT2D eigenvalue weighted by Gasteiger charge is 2.21. The van der Waals surface area contributed by atoms with Gasteiger partial charge < -0.3 is 5.32 Å². The van der Waals surface area contributed by atoms with Gasteiger partial charge in [-0.15, -0.1) is 0 Å². The Labute approximate surface area is 141 Å². The maximum atomic E-state index is 11.8. The molecule has 2 N–H and O–H groups in total. The van der Waals surface area contributed by atoms with Crippen molar-refractivity contribution in [3.63, 3.8) is 0 Å². The zero-order valence-corrected chi connectivity index (χ0v) is 14.0. The third kappa shape index (κ3) is 5.36. The van der Waals surface area contributed by atoms with Crippen LogP contribution in [0.15, 0.2) is 29.4 Å². The van der Waals surface area contributed by atoms with E-state index in [2.05, 4.69) is 22.8 Å². The van der Waals surface area contributed by atoms with Crippen molar-refractivity contribution >= 4 is 34.8 Å². The van der Waals surface area contributed by atoms with Gasteiger partial charge in [0.1, 0.15) is 0 Å². The molecule has 1 saturated carbocycles. The van der Waals surface area contributed by atoms with E-state index >= 15 is 0 Å². The lowest BCUT2D eigenvalue weighted by molar-refractivity contribution is -0.124. The molecule has 0 heterocycles. The number of benzene rings is 1. The number of nitrogens with one attached hydrogen (secondary N) is 2. The van der Waals surface area contributed by atoms with Gasteiger partial charge in [0.05, 0.1) is 10.7 Å². The molecular weight excluding hydrogens is 314 g/mol. The molecule has 0 radical (unpaired) electrons. The summed E-state index contributed by atoms with van der Waals surface area (Å²) in [6.45, 7) is 2.13. The normalized spacial score (nSPS) is 18.9. The second kappa shape index (κ2) is 8.67. The summed E-state index contributed by atoms with van der Waals surface area (Å²) >= 11 is 5.97. The summed E-state index contributed by atoms with van der Waals surface area (Å²) in [4.78, 5) is 23.6. The summed E-state index contributed by atoms with van der Waals surface area (Å²) in [6, 6.07) is 7.00. The first-order valence-corrected chi connectivity index (χ1v) is 8.37. The number of hydrogen-bond donors (Lipinski definition) is 2.